The SMILES string of the molecule is C=C(/C=C(\C/C=C(\C)CO)C(=O)O)CO. The summed E-state index contributed by atoms with van der Waals surface area (Å²) in [6.07, 6.45) is 3.18. The minimum atomic E-state index is -1.05. The Morgan fingerprint density at radius 2 is 1.93 bits per heavy atom. The molecule has 0 bridgehead atoms. The fourth-order valence-corrected chi connectivity index (χ4v) is 0.849. The van der Waals surface area contributed by atoms with Gasteiger partial charge in [-0.1, -0.05) is 18.2 Å². The van der Waals surface area contributed by atoms with Gasteiger partial charge < -0.3 is 15.3 Å². The molecular formula is C11H16O4. The predicted octanol–water partition coefficient (Wildman–Crippen LogP) is 0.875. The third kappa shape index (κ3) is 5.83. The number of aliphatic hydroxyl groups excluding tert-OH is 2. The van der Waals surface area contributed by atoms with Crippen molar-refractivity contribution in [3.8, 4) is 0 Å². The van der Waals surface area contributed by atoms with Crippen LogP contribution in [0.5, 0.6) is 0 Å². The fraction of sp³-hybridized carbons (Fsp3) is 0.364. The first-order valence-corrected chi connectivity index (χ1v) is 4.50. The maximum Gasteiger partial charge on any atom is 0.331 e. The topological polar surface area (TPSA) is 77.8 Å². The number of allylic oxidation sites excluding steroid dienone is 1. The molecular weight excluding hydrogens is 196 g/mol. The highest BCUT2D eigenvalue weighted by atomic mass is 16.4. The molecule has 4 heteroatoms. The Morgan fingerprint density at radius 1 is 1.33 bits per heavy atom. The minimum absolute atomic E-state index is 0.0894. The summed E-state index contributed by atoms with van der Waals surface area (Å²) in [4.78, 5) is 10.8. The molecule has 0 unspecified atom stereocenters. The molecule has 0 radical (unpaired) electrons. The Bertz CT molecular complexity index is 300. The standard InChI is InChI=1S/C11H16O4/c1-8(6-12)3-4-10(11(14)15)5-9(2)7-13/h3,5,12-13H,2,4,6-7H2,1H3,(H,14,15)/b8-3+,10-5+. The first-order chi connectivity index (χ1) is 7.01. The molecule has 0 heterocycles. The monoisotopic (exact) mass is 212 g/mol. The van der Waals surface area contributed by atoms with Crippen LogP contribution in [0, 0.1) is 0 Å². The number of aliphatic carboxylic acids is 1. The second kappa shape index (κ2) is 6.98. The Kier molecular flexibility index (Phi) is 6.33. The van der Waals surface area contributed by atoms with E-state index in [1.54, 1.807) is 13.0 Å². The lowest BCUT2D eigenvalue weighted by Crippen LogP contribution is -2.01. The molecule has 0 atom stereocenters. The molecule has 0 aromatic heterocycles. The number of hydrogen-bond acceptors (Lipinski definition) is 3. The highest BCUT2D eigenvalue weighted by molar-refractivity contribution is 5.87. The van der Waals surface area contributed by atoms with E-state index in [-0.39, 0.29) is 25.2 Å². The quantitative estimate of drug-likeness (QED) is 0.347. The Morgan fingerprint density at radius 3 is 2.33 bits per heavy atom. The van der Waals surface area contributed by atoms with Crippen molar-refractivity contribution in [2.75, 3.05) is 13.2 Å². The Labute approximate surface area is 88.9 Å². The molecule has 3 N–H and O–H groups in total. The van der Waals surface area contributed by atoms with Gasteiger partial charge in [0.15, 0.2) is 0 Å². The number of carboxylic acids is 1. The molecule has 0 saturated heterocycles. The molecule has 0 saturated carbocycles. The highest BCUT2D eigenvalue weighted by Crippen LogP contribution is 2.08. The van der Waals surface area contributed by atoms with Crippen LogP contribution in [0.4, 0.5) is 0 Å². The third-order valence-corrected chi connectivity index (χ3v) is 1.78. The minimum Gasteiger partial charge on any atom is -0.478 e. The van der Waals surface area contributed by atoms with Gasteiger partial charge in [0.25, 0.3) is 0 Å². The lowest BCUT2D eigenvalue weighted by Gasteiger charge is -2.00. The van der Waals surface area contributed by atoms with Gasteiger partial charge in [0.05, 0.1) is 13.2 Å². The van der Waals surface area contributed by atoms with Gasteiger partial charge in [-0.15, -0.1) is 0 Å². The largest absolute Gasteiger partial charge is 0.478 e. The summed E-state index contributed by atoms with van der Waals surface area (Å²) < 4.78 is 0. The number of aliphatic hydroxyl groups is 2. The van der Waals surface area contributed by atoms with Crippen molar-refractivity contribution in [3.05, 3.63) is 35.5 Å². The summed E-state index contributed by atoms with van der Waals surface area (Å²) in [5.41, 5.74) is 1.20. The maximum absolute atomic E-state index is 10.8. The van der Waals surface area contributed by atoms with E-state index in [2.05, 4.69) is 6.58 Å². The summed E-state index contributed by atoms with van der Waals surface area (Å²) in [7, 11) is 0. The predicted molar refractivity (Wildman–Crippen MR) is 57.4 cm³/mol. The average molecular weight is 212 g/mol. The van der Waals surface area contributed by atoms with Crippen molar-refractivity contribution in [1.82, 2.24) is 0 Å². The van der Waals surface area contributed by atoms with Gasteiger partial charge in [0.1, 0.15) is 0 Å². The van der Waals surface area contributed by atoms with Crippen LogP contribution in [0.1, 0.15) is 13.3 Å². The molecule has 84 valence electrons. The van der Waals surface area contributed by atoms with Crippen LogP contribution in [0.25, 0.3) is 0 Å². The van der Waals surface area contributed by atoms with E-state index in [9.17, 15) is 4.79 Å². The summed E-state index contributed by atoms with van der Waals surface area (Å²) in [6.45, 7) is 4.84. The molecule has 0 aromatic rings. The van der Waals surface area contributed by atoms with E-state index in [1.165, 1.54) is 6.08 Å². The second-order valence-electron chi connectivity index (χ2n) is 3.20. The summed E-state index contributed by atoms with van der Waals surface area (Å²) in [6, 6.07) is 0. The molecule has 4 nitrogen and oxygen atoms in total. The van der Waals surface area contributed by atoms with Gasteiger partial charge >= 0.3 is 5.97 Å². The zero-order chi connectivity index (χ0) is 11.8. The number of carbonyl (C=O) groups is 1. The molecule has 0 aromatic carbocycles. The van der Waals surface area contributed by atoms with Crippen molar-refractivity contribution in [3.63, 3.8) is 0 Å². The highest BCUT2D eigenvalue weighted by Gasteiger charge is 2.05. The summed E-state index contributed by atoms with van der Waals surface area (Å²) in [5.74, 6) is -1.05. The van der Waals surface area contributed by atoms with Crippen molar-refractivity contribution >= 4 is 5.97 Å². The van der Waals surface area contributed by atoms with Gasteiger partial charge in [-0.3, -0.25) is 0 Å². The number of hydrogen-bond donors (Lipinski definition) is 3. The van der Waals surface area contributed by atoms with Crippen molar-refractivity contribution in [2.45, 2.75) is 13.3 Å². The van der Waals surface area contributed by atoms with Crippen LogP contribution in [0.3, 0.4) is 0 Å². The van der Waals surface area contributed by atoms with Gasteiger partial charge in [-0.25, -0.2) is 4.79 Å². The second-order valence-corrected chi connectivity index (χ2v) is 3.20. The first-order valence-electron chi connectivity index (χ1n) is 4.50. The maximum atomic E-state index is 10.8. The average Bonchev–Trinajstić information content (AvgIpc) is 2.22. The van der Waals surface area contributed by atoms with E-state index in [0.717, 1.165) is 0 Å². The van der Waals surface area contributed by atoms with Crippen molar-refractivity contribution in [1.29, 1.82) is 0 Å². The third-order valence-electron chi connectivity index (χ3n) is 1.78. The molecule has 0 rings (SSSR count). The lowest BCUT2D eigenvalue weighted by atomic mass is 10.1. The summed E-state index contributed by atoms with van der Waals surface area (Å²) >= 11 is 0. The van der Waals surface area contributed by atoms with Crippen LogP contribution in [0.2, 0.25) is 0 Å². The number of rotatable bonds is 6. The molecule has 0 amide bonds. The molecule has 0 aliphatic rings. The van der Waals surface area contributed by atoms with Crippen LogP contribution < -0.4 is 0 Å². The summed E-state index contributed by atoms with van der Waals surface area (Å²) in [5, 5.41) is 26.2. The fourth-order valence-electron chi connectivity index (χ4n) is 0.849. The van der Waals surface area contributed by atoms with E-state index in [1.807, 2.05) is 0 Å². The van der Waals surface area contributed by atoms with Gasteiger partial charge in [-0.2, -0.15) is 0 Å². The normalized spacial score (nSPS) is 12.7. The van der Waals surface area contributed by atoms with Gasteiger partial charge in [-0.05, 0) is 25.0 Å². The smallest absolute Gasteiger partial charge is 0.331 e. The van der Waals surface area contributed by atoms with Crippen LogP contribution in [0.15, 0.2) is 35.5 Å². The Hall–Kier alpha value is -1.39. The lowest BCUT2D eigenvalue weighted by molar-refractivity contribution is -0.132. The van der Waals surface area contributed by atoms with E-state index in [4.69, 9.17) is 15.3 Å². The molecule has 0 spiro atoms. The van der Waals surface area contributed by atoms with Crippen LogP contribution >= 0.6 is 0 Å². The van der Waals surface area contributed by atoms with Crippen molar-refractivity contribution in [2.24, 2.45) is 0 Å². The molecule has 0 fully saturated rings. The van der Waals surface area contributed by atoms with E-state index < -0.39 is 5.97 Å². The van der Waals surface area contributed by atoms with Crippen molar-refractivity contribution < 1.29 is 20.1 Å². The Balaban J connectivity index is 4.63. The first kappa shape index (κ1) is 13.6. The van der Waals surface area contributed by atoms with Gasteiger partial charge in [0, 0.05) is 5.57 Å². The molecule has 0 aliphatic heterocycles. The van der Waals surface area contributed by atoms with Gasteiger partial charge in [0.2, 0.25) is 0 Å². The zero-order valence-electron chi connectivity index (χ0n) is 8.73. The molecule has 15 heavy (non-hydrogen) atoms. The molecule has 0 aliphatic carbocycles. The van der Waals surface area contributed by atoms with Crippen LogP contribution in [-0.4, -0.2) is 34.5 Å². The van der Waals surface area contributed by atoms with E-state index >= 15 is 0 Å². The number of carboxylic acid groups (broad SMARTS) is 1. The van der Waals surface area contributed by atoms with Crippen LogP contribution in [-0.2, 0) is 4.79 Å². The van der Waals surface area contributed by atoms with E-state index in [0.29, 0.717) is 11.1 Å². The zero-order valence-corrected chi connectivity index (χ0v) is 8.73.